The van der Waals surface area contributed by atoms with Crippen LogP contribution in [0.1, 0.15) is 5.56 Å². The highest BCUT2D eigenvalue weighted by atomic mass is 16.5. The zero-order valence-electron chi connectivity index (χ0n) is 10.7. The summed E-state index contributed by atoms with van der Waals surface area (Å²) in [6.45, 7) is 0. The molecule has 3 aromatic heterocycles. The first-order chi connectivity index (χ1) is 10.3. The number of para-hydroxylation sites is 1. The molecule has 0 spiro atoms. The van der Waals surface area contributed by atoms with E-state index in [2.05, 4.69) is 15.1 Å². The molecule has 100 valence electrons. The smallest absolute Gasteiger partial charge is 0.274 e. The lowest BCUT2D eigenvalue weighted by atomic mass is 10.2. The first-order valence-corrected chi connectivity index (χ1v) is 6.25. The number of hydrogen-bond donors (Lipinski definition) is 1. The van der Waals surface area contributed by atoms with Crippen molar-refractivity contribution in [1.29, 1.82) is 5.26 Å². The minimum Gasteiger partial charge on any atom is -0.453 e. The predicted molar refractivity (Wildman–Crippen MR) is 74.0 cm³/mol. The normalized spacial score (nSPS) is 10.8. The summed E-state index contributed by atoms with van der Waals surface area (Å²) in [5.41, 5.74) is 1.88. The van der Waals surface area contributed by atoms with Crippen molar-refractivity contribution < 1.29 is 8.94 Å². The molecule has 0 aliphatic rings. The van der Waals surface area contributed by atoms with Gasteiger partial charge in [0.05, 0.1) is 5.56 Å². The van der Waals surface area contributed by atoms with Gasteiger partial charge in [-0.3, -0.25) is 0 Å². The summed E-state index contributed by atoms with van der Waals surface area (Å²) in [6.07, 6.45) is 1.58. The Bertz CT molecular complexity index is 938. The van der Waals surface area contributed by atoms with E-state index >= 15 is 0 Å². The van der Waals surface area contributed by atoms with Crippen LogP contribution in [0, 0.1) is 11.3 Å². The molecule has 0 atom stereocenters. The molecule has 21 heavy (non-hydrogen) atoms. The highest BCUT2D eigenvalue weighted by molar-refractivity contribution is 5.81. The van der Waals surface area contributed by atoms with Crippen molar-refractivity contribution in [3.63, 3.8) is 0 Å². The van der Waals surface area contributed by atoms with Gasteiger partial charge in [-0.25, -0.2) is 0 Å². The molecule has 0 saturated carbocycles. The van der Waals surface area contributed by atoms with Gasteiger partial charge in [-0.2, -0.15) is 10.2 Å². The van der Waals surface area contributed by atoms with Gasteiger partial charge in [-0.15, -0.1) is 0 Å². The third kappa shape index (κ3) is 1.88. The number of aromatic amines is 1. The Morgan fingerprint density at radius 2 is 2.10 bits per heavy atom. The Labute approximate surface area is 118 Å². The molecular formula is C15H8N4O2. The van der Waals surface area contributed by atoms with E-state index in [9.17, 15) is 0 Å². The van der Waals surface area contributed by atoms with Crippen molar-refractivity contribution in [3.8, 4) is 29.2 Å². The van der Waals surface area contributed by atoms with Crippen LogP contribution in [0.2, 0.25) is 0 Å². The van der Waals surface area contributed by atoms with Crippen LogP contribution in [0.25, 0.3) is 34.1 Å². The number of aromatic nitrogens is 3. The second kappa shape index (κ2) is 4.35. The van der Waals surface area contributed by atoms with Crippen molar-refractivity contribution >= 4 is 11.0 Å². The fourth-order valence-corrected chi connectivity index (χ4v) is 2.11. The van der Waals surface area contributed by atoms with Crippen LogP contribution in [0.3, 0.4) is 0 Å². The van der Waals surface area contributed by atoms with Crippen molar-refractivity contribution in [2.45, 2.75) is 0 Å². The first kappa shape index (κ1) is 11.5. The molecule has 6 heteroatoms. The minimum absolute atomic E-state index is 0.312. The number of nitriles is 1. The number of hydrogen-bond acceptors (Lipinski definition) is 5. The summed E-state index contributed by atoms with van der Waals surface area (Å²) < 4.78 is 10.9. The van der Waals surface area contributed by atoms with Gasteiger partial charge in [-0.1, -0.05) is 23.4 Å². The SMILES string of the molecule is N#Cc1c[nH]c(-c2nc(-c3cc4ccccc4o3)no2)c1. The molecule has 0 fully saturated rings. The highest BCUT2D eigenvalue weighted by Crippen LogP contribution is 2.27. The number of rotatable bonds is 2. The monoisotopic (exact) mass is 276 g/mol. The van der Waals surface area contributed by atoms with Crippen molar-refractivity contribution in [2.24, 2.45) is 0 Å². The molecule has 4 aromatic rings. The van der Waals surface area contributed by atoms with Gasteiger partial charge in [0.1, 0.15) is 17.3 Å². The fraction of sp³-hybridized carbons (Fsp3) is 0. The lowest BCUT2D eigenvalue weighted by Gasteiger charge is -1.85. The average molecular weight is 276 g/mol. The minimum atomic E-state index is 0.312. The van der Waals surface area contributed by atoms with E-state index in [0.29, 0.717) is 28.7 Å². The second-order valence-corrected chi connectivity index (χ2v) is 4.49. The molecule has 0 bridgehead atoms. The fourth-order valence-electron chi connectivity index (χ4n) is 2.11. The van der Waals surface area contributed by atoms with Crippen LogP contribution >= 0.6 is 0 Å². The van der Waals surface area contributed by atoms with Gasteiger partial charge < -0.3 is 13.9 Å². The zero-order chi connectivity index (χ0) is 14.2. The Hall–Kier alpha value is -3.33. The van der Waals surface area contributed by atoms with E-state index in [-0.39, 0.29) is 0 Å². The molecule has 0 unspecified atom stereocenters. The second-order valence-electron chi connectivity index (χ2n) is 4.49. The standard InChI is InChI=1S/C15H8N4O2/c16-7-9-5-11(17-8-9)15-18-14(19-21-15)13-6-10-3-1-2-4-12(10)20-13/h1-6,8,17H. The van der Waals surface area contributed by atoms with E-state index in [1.165, 1.54) is 0 Å². The van der Waals surface area contributed by atoms with Crippen LogP contribution in [-0.4, -0.2) is 15.1 Å². The number of nitrogens with one attached hydrogen (secondary N) is 1. The van der Waals surface area contributed by atoms with Crippen LogP contribution in [0.5, 0.6) is 0 Å². The lowest BCUT2D eigenvalue weighted by molar-refractivity contribution is 0.429. The summed E-state index contributed by atoms with van der Waals surface area (Å²) in [4.78, 5) is 7.20. The Balaban J connectivity index is 1.75. The Morgan fingerprint density at radius 3 is 2.90 bits per heavy atom. The Morgan fingerprint density at radius 1 is 1.19 bits per heavy atom. The quantitative estimate of drug-likeness (QED) is 0.606. The molecule has 0 aliphatic carbocycles. The molecule has 0 radical (unpaired) electrons. The summed E-state index contributed by atoms with van der Waals surface area (Å²) in [5, 5.41) is 13.7. The van der Waals surface area contributed by atoms with E-state index in [0.717, 1.165) is 11.0 Å². The van der Waals surface area contributed by atoms with Gasteiger partial charge in [0.15, 0.2) is 5.76 Å². The molecule has 0 aliphatic heterocycles. The van der Waals surface area contributed by atoms with Gasteiger partial charge in [0, 0.05) is 11.6 Å². The maximum Gasteiger partial charge on any atom is 0.274 e. The largest absolute Gasteiger partial charge is 0.453 e. The summed E-state index contributed by atoms with van der Waals surface area (Å²) >= 11 is 0. The van der Waals surface area contributed by atoms with Crippen LogP contribution in [-0.2, 0) is 0 Å². The third-order valence-electron chi connectivity index (χ3n) is 3.11. The van der Waals surface area contributed by atoms with Gasteiger partial charge in [0.2, 0.25) is 5.82 Å². The van der Waals surface area contributed by atoms with Gasteiger partial charge in [-0.05, 0) is 18.2 Å². The van der Waals surface area contributed by atoms with Crippen molar-refractivity contribution in [1.82, 2.24) is 15.1 Å². The van der Waals surface area contributed by atoms with Gasteiger partial charge >= 0.3 is 0 Å². The molecule has 0 saturated heterocycles. The van der Waals surface area contributed by atoms with Crippen molar-refractivity contribution in [2.75, 3.05) is 0 Å². The summed E-state index contributed by atoms with van der Waals surface area (Å²) in [7, 11) is 0. The Kier molecular flexibility index (Phi) is 2.38. The molecule has 3 heterocycles. The van der Waals surface area contributed by atoms with E-state index in [4.69, 9.17) is 14.2 Å². The highest BCUT2D eigenvalue weighted by Gasteiger charge is 2.15. The molecule has 0 amide bonds. The topological polar surface area (TPSA) is 91.6 Å². The first-order valence-electron chi connectivity index (χ1n) is 6.25. The number of nitrogens with zero attached hydrogens (tertiary/aromatic N) is 3. The maximum atomic E-state index is 8.81. The number of H-pyrrole nitrogens is 1. The number of benzene rings is 1. The molecular weight excluding hydrogens is 268 g/mol. The lowest BCUT2D eigenvalue weighted by Crippen LogP contribution is -1.78. The predicted octanol–water partition coefficient (Wildman–Crippen LogP) is 3.35. The van der Waals surface area contributed by atoms with E-state index in [1.807, 2.05) is 36.4 Å². The maximum absolute atomic E-state index is 8.81. The van der Waals surface area contributed by atoms with E-state index < -0.39 is 0 Å². The van der Waals surface area contributed by atoms with E-state index in [1.54, 1.807) is 12.3 Å². The third-order valence-corrected chi connectivity index (χ3v) is 3.11. The number of furan rings is 1. The average Bonchev–Trinajstić information content (AvgIpc) is 3.24. The van der Waals surface area contributed by atoms with Crippen LogP contribution in [0.4, 0.5) is 0 Å². The number of fused-ring (bicyclic) bond motifs is 1. The zero-order valence-corrected chi connectivity index (χ0v) is 10.7. The summed E-state index contributed by atoms with van der Waals surface area (Å²) in [5.74, 6) is 1.22. The molecule has 4 rings (SSSR count). The summed E-state index contributed by atoms with van der Waals surface area (Å²) in [6, 6.07) is 13.2. The molecule has 1 aromatic carbocycles. The van der Waals surface area contributed by atoms with Gasteiger partial charge in [0.25, 0.3) is 5.89 Å². The molecule has 1 N–H and O–H groups in total. The van der Waals surface area contributed by atoms with Crippen LogP contribution < -0.4 is 0 Å². The molecule has 6 nitrogen and oxygen atoms in total. The van der Waals surface area contributed by atoms with Crippen molar-refractivity contribution in [3.05, 3.63) is 48.2 Å². The van der Waals surface area contributed by atoms with Crippen LogP contribution in [0.15, 0.2) is 51.5 Å².